The van der Waals surface area contributed by atoms with Crippen LogP contribution in [-0.4, -0.2) is 17.8 Å². The molecule has 1 saturated heterocycles. The highest BCUT2D eigenvalue weighted by Crippen LogP contribution is 2.35. The van der Waals surface area contributed by atoms with Crippen molar-refractivity contribution in [3.05, 3.63) is 95.8 Å². The van der Waals surface area contributed by atoms with Crippen molar-refractivity contribution in [3.63, 3.8) is 0 Å². The molecule has 7 heteroatoms. The second-order valence-electron chi connectivity index (χ2n) is 7.71. The number of fused-ring (bicyclic) bond motifs is 1. The first-order chi connectivity index (χ1) is 16.5. The summed E-state index contributed by atoms with van der Waals surface area (Å²) in [7, 11) is 0. The Morgan fingerprint density at radius 3 is 2.47 bits per heavy atom. The molecule has 0 aliphatic carbocycles. The minimum absolute atomic E-state index is 0.171. The Labute approximate surface area is 200 Å². The second kappa shape index (κ2) is 9.03. The summed E-state index contributed by atoms with van der Waals surface area (Å²) in [6.45, 7) is 2.02. The number of amides is 4. The molecule has 0 atom stereocenters. The third kappa shape index (κ3) is 4.13. The van der Waals surface area contributed by atoms with Gasteiger partial charge < -0.3 is 4.42 Å². The topological polar surface area (TPSA) is 79.6 Å². The number of hydrogen-bond donors (Lipinski definition) is 1. The molecule has 0 unspecified atom stereocenters. The highest BCUT2D eigenvalue weighted by atomic mass is 32.2. The molecule has 4 aromatic rings. The molecule has 168 valence electrons. The van der Waals surface area contributed by atoms with Gasteiger partial charge >= 0.3 is 6.03 Å². The predicted molar refractivity (Wildman–Crippen MR) is 132 cm³/mol. The normalized spacial score (nSPS) is 15.3. The van der Waals surface area contributed by atoms with Gasteiger partial charge in [-0.2, -0.15) is 0 Å². The lowest BCUT2D eigenvalue weighted by atomic mass is 10.1. The molecule has 1 aliphatic heterocycles. The van der Waals surface area contributed by atoms with E-state index in [1.165, 1.54) is 17.8 Å². The molecule has 0 saturated carbocycles. The summed E-state index contributed by atoms with van der Waals surface area (Å²) < 4.78 is 5.88. The van der Waals surface area contributed by atoms with Gasteiger partial charge in [0.05, 0.1) is 5.69 Å². The average Bonchev–Trinajstić information content (AvgIpc) is 3.29. The Morgan fingerprint density at radius 2 is 1.68 bits per heavy atom. The van der Waals surface area contributed by atoms with Gasteiger partial charge in [0, 0.05) is 4.90 Å². The third-order valence-corrected chi connectivity index (χ3v) is 6.55. The summed E-state index contributed by atoms with van der Waals surface area (Å²) in [4.78, 5) is 39.9. The van der Waals surface area contributed by atoms with Crippen molar-refractivity contribution in [3.8, 4) is 0 Å². The molecule has 0 spiro atoms. The quantitative estimate of drug-likeness (QED) is 0.295. The molecule has 5 rings (SSSR count). The number of carbonyl (C=O) groups is 3. The fourth-order valence-corrected chi connectivity index (χ4v) is 4.71. The fourth-order valence-electron chi connectivity index (χ4n) is 3.77. The van der Waals surface area contributed by atoms with Crippen LogP contribution in [0.4, 0.5) is 10.5 Å². The van der Waals surface area contributed by atoms with E-state index in [1.807, 2.05) is 61.5 Å². The third-order valence-electron chi connectivity index (χ3n) is 5.55. The Bertz CT molecular complexity index is 1450. The molecule has 0 radical (unpaired) electrons. The highest BCUT2D eigenvalue weighted by Gasteiger charge is 2.37. The number of rotatable bonds is 5. The molecular formula is C27H20N2O4S. The number of benzene rings is 3. The molecule has 3 aromatic carbocycles. The van der Waals surface area contributed by atoms with E-state index >= 15 is 0 Å². The molecule has 1 N–H and O–H groups in total. The summed E-state index contributed by atoms with van der Waals surface area (Å²) in [6.07, 6.45) is 2.20. The van der Waals surface area contributed by atoms with E-state index in [4.69, 9.17) is 4.42 Å². The van der Waals surface area contributed by atoms with Crippen molar-refractivity contribution in [1.29, 1.82) is 0 Å². The minimum atomic E-state index is -0.775. The summed E-state index contributed by atoms with van der Waals surface area (Å²) in [5.41, 5.74) is 1.30. The predicted octanol–water partition coefficient (Wildman–Crippen LogP) is 5.81. The first-order valence-electron chi connectivity index (χ1n) is 10.8. The number of carbonyl (C=O) groups excluding carboxylic acids is 3. The molecule has 2 heterocycles. The summed E-state index contributed by atoms with van der Waals surface area (Å²) in [5, 5.41) is 5.09. The van der Waals surface area contributed by atoms with Crippen LogP contribution < -0.4 is 10.2 Å². The van der Waals surface area contributed by atoms with E-state index in [-0.39, 0.29) is 5.57 Å². The van der Waals surface area contributed by atoms with Gasteiger partial charge in [0.15, 0.2) is 5.09 Å². The van der Waals surface area contributed by atoms with E-state index in [0.717, 1.165) is 32.6 Å². The molecule has 0 bridgehead atoms. The molecule has 6 nitrogen and oxygen atoms in total. The second-order valence-corrected chi connectivity index (χ2v) is 8.76. The monoisotopic (exact) mass is 468 g/mol. The lowest BCUT2D eigenvalue weighted by Gasteiger charge is -2.26. The largest absolute Gasteiger partial charge is 0.450 e. The number of anilines is 1. The SMILES string of the molecule is CCc1ccc(N2C(=O)NC(=O)C(=Cc3ccc(Sc4cccc5ccccc45)o3)C2=O)cc1. The number of furan rings is 1. The zero-order chi connectivity index (χ0) is 23.7. The molecule has 1 aromatic heterocycles. The summed E-state index contributed by atoms with van der Waals surface area (Å²) in [6, 6.07) is 23.9. The number of barbiturate groups is 1. The van der Waals surface area contributed by atoms with Crippen LogP contribution in [0.3, 0.4) is 0 Å². The zero-order valence-corrected chi connectivity index (χ0v) is 19.1. The van der Waals surface area contributed by atoms with Crippen LogP contribution in [0, 0.1) is 0 Å². The van der Waals surface area contributed by atoms with E-state index in [0.29, 0.717) is 16.5 Å². The van der Waals surface area contributed by atoms with E-state index in [2.05, 4.69) is 5.32 Å². The molecule has 1 fully saturated rings. The Balaban J connectivity index is 1.42. The van der Waals surface area contributed by atoms with Crippen LogP contribution in [0.1, 0.15) is 18.2 Å². The Morgan fingerprint density at radius 1 is 0.912 bits per heavy atom. The van der Waals surface area contributed by atoms with Crippen LogP contribution in [0.2, 0.25) is 0 Å². The average molecular weight is 469 g/mol. The maximum atomic E-state index is 13.1. The van der Waals surface area contributed by atoms with Gasteiger partial charge in [0.1, 0.15) is 11.3 Å². The van der Waals surface area contributed by atoms with Gasteiger partial charge in [-0.1, -0.05) is 67.2 Å². The first-order valence-corrected chi connectivity index (χ1v) is 11.6. The number of nitrogens with one attached hydrogen (secondary N) is 1. The van der Waals surface area contributed by atoms with Crippen LogP contribution >= 0.6 is 11.8 Å². The Kier molecular flexibility index (Phi) is 5.77. The van der Waals surface area contributed by atoms with E-state index < -0.39 is 17.8 Å². The van der Waals surface area contributed by atoms with E-state index in [1.54, 1.807) is 24.3 Å². The standard InChI is InChI=1S/C27H20N2O4S/c1-2-17-10-12-19(13-11-17)29-26(31)22(25(30)28-27(29)32)16-20-14-15-24(33-20)34-23-9-5-7-18-6-3-4-8-21(18)23/h3-16H,2H2,1H3,(H,28,30,32). The van der Waals surface area contributed by atoms with Crippen molar-refractivity contribution >= 4 is 52.1 Å². The summed E-state index contributed by atoms with van der Waals surface area (Å²) in [5.74, 6) is -1.11. The van der Waals surface area contributed by atoms with Gasteiger partial charge in [0.25, 0.3) is 11.8 Å². The number of aryl methyl sites for hydroxylation is 1. The molecule has 34 heavy (non-hydrogen) atoms. The van der Waals surface area contributed by atoms with Crippen molar-refractivity contribution < 1.29 is 18.8 Å². The van der Waals surface area contributed by atoms with Crippen LogP contribution in [0.15, 0.2) is 98.8 Å². The number of imide groups is 2. The smallest absolute Gasteiger partial charge is 0.335 e. The van der Waals surface area contributed by atoms with Crippen LogP contribution in [0.5, 0.6) is 0 Å². The zero-order valence-electron chi connectivity index (χ0n) is 18.3. The van der Waals surface area contributed by atoms with Crippen molar-refractivity contribution in [2.24, 2.45) is 0 Å². The van der Waals surface area contributed by atoms with Crippen molar-refractivity contribution in [2.45, 2.75) is 23.3 Å². The maximum Gasteiger partial charge on any atom is 0.335 e. The summed E-state index contributed by atoms with van der Waals surface area (Å²) >= 11 is 1.46. The van der Waals surface area contributed by atoms with Crippen molar-refractivity contribution in [1.82, 2.24) is 5.32 Å². The maximum absolute atomic E-state index is 13.1. The first kappa shape index (κ1) is 21.7. The Hall–Kier alpha value is -4.10. The van der Waals surface area contributed by atoms with Crippen molar-refractivity contribution in [2.75, 3.05) is 4.90 Å². The lowest BCUT2D eigenvalue weighted by molar-refractivity contribution is -0.122. The van der Waals surface area contributed by atoms with E-state index in [9.17, 15) is 14.4 Å². The highest BCUT2D eigenvalue weighted by molar-refractivity contribution is 7.99. The fraction of sp³-hybridized carbons (Fsp3) is 0.0741. The van der Waals surface area contributed by atoms with Gasteiger partial charge in [-0.05, 0) is 59.2 Å². The molecule has 1 aliphatic rings. The van der Waals surface area contributed by atoms with Gasteiger partial charge in [0.2, 0.25) is 0 Å². The van der Waals surface area contributed by atoms with Gasteiger partial charge in [-0.15, -0.1) is 0 Å². The minimum Gasteiger partial charge on any atom is -0.450 e. The van der Waals surface area contributed by atoms with Crippen LogP contribution in [-0.2, 0) is 16.0 Å². The van der Waals surface area contributed by atoms with Gasteiger partial charge in [-0.25, -0.2) is 9.69 Å². The number of nitrogens with zero attached hydrogens (tertiary/aromatic N) is 1. The number of urea groups is 1. The molecular weight excluding hydrogens is 448 g/mol. The lowest BCUT2D eigenvalue weighted by Crippen LogP contribution is -2.54. The molecule has 4 amide bonds. The van der Waals surface area contributed by atoms with Crippen LogP contribution in [0.25, 0.3) is 16.8 Å². The van der Waals surface area contributed by atoms with Gasteiger partial charge in [-0.3, -0.25) is 14.9 Å². The number of hydrogen-bond acceptors (Lipinski definition) is 5.